The fourth-order valence-electron chi connectivity index (χ4n) is 2.02. The number of nitrogens with zero attached hydrogens (tertiary/aromatic N) is 1. The smallest absolute Gasteiger partial charge is 0.222 e. The second-order valence-electron chi connectivity index (χ2n) is 4.96. The van der Waals surface area contributed by atoms with E-state index in [2.05, 4.69) is 5.32 Å². The van der Waals surface area contributed by atoms with E-state index in [1.54, 1.807) is 11.8 Å². The first-order chi connectivity index (χ1) is 9.54. The van der Waals surface area contributed by atoms with Gasteiger partial charge in [-0.05, 0) is 24.5 Å². The van der Waals surface area contributed by atoms with Crippen molar-refractivity contribution in [1.82, 2.24) is 10.2 Å². The van der Waals surface area contributed by atoms with Gasteiger partial charge in [-0.25, -0.2) is 0 Å². The molecule has 0 aliphatic rings. The minimum atomic E-state index is -0.0180. The van der Waals surface area contributed by atoms with E-state index >= 15 is 0 Å². The van der Waals surface area contributed by atoms with Crippen LogP contribution < -0.4 is 5.32 Å². The maximum Gasteiger partial charge on any atom is 0.222 e. The Labute approximate surface area is 121 Å². The highest BCUT2D eigenvalue weighted by Gasteiger charge is 2.10. The molecular formula is C16H24N2O2. The maximum atomic E-state index is 11.8. The predicted molar refractivity (Wildman–Crippen MR) is 80.2 cm³/mol. The quantitative estimate of drug-likeness (QED) is 0.830. The maximum absolute atomic E-state index is 11.8. The summed E-state index contributed by atoms with van der Waals surface area (Å²) in [4.78, 5) is 24.9. The first-order valence-corrected chi connectivity index (χ1v) is 7.11. The standard InChI is InChI=1S/C16H24N2O2/c1-4-10-18(14(3)19)11-9-16(20)17-12-15-8-6-5-7-13(15)2/h5-8H,4,9-12H2,1-3H3,(H,17,20). The molecule has 110 valence electrons. The summed E-state index contributed by atoms with van der Waals surface area (Å²) in [6, 6.07) is 7.98. The number of nitrogens with one attached hydrogen (secondary N) is 1. The summed E-state index contributed by atoms with van der Waals surface area (Å²) in [5, 5.41) is 2.90. The highest BCUT2D eigenvalue weighted by atomic mass is 16.2. The van der Waals surface area contributed by atoms with E-state index < -0.39 is 0 Å². The van der Waals surface area contributed by atoms with Gasteiger partial charge < -0.3 is 10.2 Å². The molecule has 0 spiro atoms. The molecule has 1 aromatic rings. The summed E-state index contributed by atoms with van der Waals surface area (Å²) in [6.07, 6.45) is 1.26. The lowest BCUT2D eigenvalue weighted by atomic mass is 10.1. The normalized spacial score (nSPS) is 10.2. The lowest BCUT2D eigenvalue weighted by Gasteiger charge is -2.19. The summed E-state index contributed by atoms with van der Waals surface area (Å²) in [5.41, 5.74) is 2.29. The van der Waals surface area contributed by atoms with Gasteiger partial charge in [0.05, 0.1) is 0 Å². The van der Waals surface area contributed by atoms with Crippen LogP contribution in [0, 0.1) is 6.92 Å². The van der Waals surface area contributed by atoms with Gasteiger partial charge in [-0.3, -0.25) is 9.59 Å². The summed E-state index contributed by atoms with van der Waals surface area (Å²) < 4.78 is 0. The molecule has 0 heterocycles. The van der Waals surface area contributed by atoms with Crippen molar-refractivity contribution in [3.63, 3.8) is 0 Å². The van der Waals surface area contributed by atoms with Crippen LogP contribution in [0.1, 0.15) is 37.8 Å². The Morgan fingerprint density at radius 3 is 2.50 bits per heavy atom. The number of carbonyl (C=O) groups excluding carboxylic acids is 2. The lowest BCUT2D eigenvalue weighted by molar-refractivity contribution is -0.129. The van der Waals surface area contributed by atoms with E-state index in [1.165, 1.54) is 5.56 Å². The molecule has 0 aliphatic heterocycles. The number of hydrogen-bond donors (Lipinski definition) is 1. The van der Waals surface area contributed by atoms with Crippen molar-refractivity contribution in [1.29, 1.82) is 0 Å². The number of carbonyl (C=O) groups is 2. The summed E-state index contributed by atoms with van der Waals surface area (Å²) in [5.74, 6) is 0.00848. The number of rotatable bonds is 7. The van der Waals surface area contributed by atoms with Gasteiger partial charge in [0.1, 0.15) is 0 Å². The van der Waals surface area contributed by atoms with Gasteiger partial charge in [0, 0.05) is 33.0 Å². The molecule has 1 N–H and O–H groups in total. The molecule has 4 heteroatoms. The van der Waals surface area contributed by atoms with Crippen LogP contribution >= 0.6 is 0 Å². The van der Waals surface area contributed by atoms with Crippen LogP contribution in [0.15, 0.2) is 24.3 Å². The number of benzene rings is 1. The molecule has 0 aromatic heterocycles. The van der Waals surface area contributed by atoms with Gasteiger partial charge in [0.25, 0.3) is 0 Å². The molecule has 4 nitrogen and oxygen atoms in total. The molecule has 1 rings (SSSR count). The number of hydrogen-bond acceptors (Lipinski definition) is 2. The third-order valence-corrected chi connectivity index (χ3v) is 3.28. The Balaban J connectivity index is 2.37. The summed E-state index contributed by atoms with van der Waals surface area (Å²) in [7, 11) is 0. The molecule has 20 heavy (non-hydrogen) atoms. The van der Waals surface area contributed by atoms with E-state index in [4.69, 9.17) is 0 Å². The first kappa shape index (κ1) is 16.2. The molecule has 0 unspecified atom stereocenters. The zero-order chi connectivity index (χ0) is 15.0. The van der Waals surface area contributed by atoms with Crippen LogP contribution in [0.3, 0.4) is 0 Å². The van der Waals surface area contributed by atoms with Gasteiger partial charge in [-0.1, -0.05) is 31.2 Å². The number of aryl methyl sites for hydroxylation is 1. The van der Waals surface area contributed by atoms with Crippen LogP contribution in [0.25, 0.3) is 0 Å². The molecule has 0 radical (unpaired) electrons. The van der Waals surface area contributed by atoms with Crippen molar-refractivity contribution in [3.8, 4) is 0 Å². The topological polar surface area (TPSA) is 49.4 Å². The molecule has 0 atom stereocenters. The monoisotopic (exact) mass is 276 g/mol. The van der Waals surface area contributed by atoms with E-state index in [0.29, 0.717) is 26.1 Å². The van der Waals surface area contributed by atoms with E-state index in [1.807, 2.05) is 38.1 Å². The van der Waals surface area contributed by atoms with Crippen molar-refractivity contribution >= 4 is 11.8 Å². The molecule has 1 aromatic carbocycles. The SMILES string of the molecule is CCCN(CCC(=O)NCc1ccccc1C)C(C)=O. The van der Waals surface area contributed by atoms with Crippen LogP contribution in [0.5, 0.6) is 0 Å². The van der Waals surface area contributed by atoms with Crippen LogP contribution in [-0.4, -0.2) is 29.8 Å². The molecule has 0 saturated heterocycles. The van der Waals surface area contributed by atoms with Gasteiger partial charge >= 0.3 is 0 Å². The highest BCUT2D eigenvalue weighted by molar-refractivity contribution is 5.78. The molecule has 0 bridgehead atoms. The van der Waals surface area contributed by atoms with Crippen molar-refractivity contribution in [2.75, 3.05) is 13.1 Å². The Morgan fingerprint density at radius 2 is 1.90 bits per heavy atom. The Bertz CT molecular complexity index is 458. The Morgan fingerprint density at radius 1 is 1.20 bits per heavy atom. The van der Waals surface area contributed by atoms with Crippen LogP contribution in [0.2, 0.25) is 0 Å². The predicted octanol–water partition coefficient (Wildman–Crippen LogP) is 2.26. The third kappa shape index (κ3) is 5.43. The van der Waals surface area contributed by atoms with Crippen LogP contribution in [-0.2, 0) is 16.1 Å². The molecule has 2 amide bonds. The molecule has 0 fully saturated rings. The minimum absolute atomic E-state index is 0.0180. The minimum Gasteiger partial charge on any atom is -0.352 e. The molecular weight excluding hydrogens is 252 g/mol. The van der Waals surface area contributed by atoms with E-state index in [-0.39, 0.29) is 11.8 Å². The molecule has 0 saturated carbocycles. The second-order valence-corrected chi connectivity index (χ2v) is 4.96. The van der Waals surface area contributed by atoms with Crippen molar-refractivity contribution in [2.24, 2.45) is 0 Å². The fourth-order valence-corrected chi connectivity index (χ4v) is 2.02. The van der Waals surface area contributed by atoms with Crippen molar-refractivity contribution in [2.45, 2.75) is 40.2 Å². The van der Waals surface area contributed by atoms with E-state index in [9.17, 15) is 9.59 Å². The average Bonchev–Trinajstić information content (AvgIpc) is 2.42. The zero-order valence-electron chi connectivity index (χ0n) is 12.6. The van der Waals surface area contributed by atoms with Gasteiger partial charge in [0.15, 0.2) is 0 Å². The summed E-state index contributed by atoms with van der Waals surface area (Å²) in [6.45, 7) is 7.33. The van der Waals surface area contributed by atoms with Crippen molar-refractivity contribution < 1.29 is 9.59 Å². The second kappa shape index (κ2) is 8.35. The first-order valence-electron chi connectivity index (χ1n) is 7.11. The third-order valence-electron chi connectivity index (χ3n) is 3.28. The highest BCUT2D eigenvalue weighted by Crippen LogP contribution is 2.06. The zero-order valence-corrected chi connectivity index (χ0v) is 12.6. The lowest BCUT2D eigenvalue weighted by Crippen LogP contribution is -2.34. The Kier molecular flexibility index (Phi) is 6.77. The van der Waals surface area contributed by atoms with Gasteiger partial charge in [-0.2, -0.15) is 0 Å². The average molecular weight is 276 g/mol. The van der Waals surface area contributed by atoms with Crippen molar-refractivity contribution in [3.05, 3.63) is 35.4 Å². The van der Waals surface area contributed by atoms with Gasteiger partial charge in [0.2, 0.25) is 11.8 Å². The van der Waals surface area contributed by atoms with Gasteiger partial charge in [-0.15, -0.1) is 0 Å². The largest absolute Gasteiger partial charge is 0.352 e. The van der Waals surface area contributed by atoms with E-state index in [0.717, 1.165) is 12.0 Å². The Hall–Kier alpha value is -1.84. The molecule has 0 aliphatic carbocycles. The summed E-state index contributed by atoms with van der Waals surface area (Å²) >= 11 is 0. The number of amides is 2. The van der Waals surface area contributed by atoms with Crippen LogP contribution in [0.4, 0.5) is 0 Å². The fraction of sp³-hybridized carbons (Fsp3) is 0.500.